The van der Waals surface area contributed by atoms with Crippen LogP contribution in [0.5, 0.6) is 0 Å². The van der Waals surface area contributed by atoms with Crippen molar-refractivity contribution in [1.29, 1.82) is 0 Å². The molecule has 1 aliphatic heterocycles. The first kappa shape index (κ1) is 18.2. The molecule has 0 saturated heterocycles. The van der Waals surface area contributed by atoms with Crippen molar-refractivity contribution in [3.05, 3.63) is 75.8 Å². The van der Waals surface area contributed by atoms with Crippen molar-refractivity contribution in [3.8, 4) is 0 Å². The summed E-state index contributed by atoms with van der Waals surface area (Å²) in [6.07, 6.45) is -0.173. The number of carboxylic acids is 1. The maximum absolute atomic E-state index is 12.6. The van der Waals surface area contributed by atoms with E-state index in [1.165, 1.54) is 11.1 Å². The minimum atomic E-state index is -1.07. The highest BCUT2D eigenvalue weighted by Gasteiger charge is 2.34. The minimum absolute atomic E-state index is 0.0807. The molecular formula is C19H17N3O5. The summed E-state index contributed by atoms with van der Waals surface area (Å²) in [6, 6.07) is 15.0. The van der Waals surface area contributed by atoms with Crippen molar-refractivity contribution >= 4 is 23.3 Å². The summed E-state index contributed by atoms with van der Waals surface area (Å²) >= 11 is 0. The van der Waals surface area contributed by atoms with E-state index >= 15 is 0 Å². The number of rotatable bonds is 6. The second kappa shape index (κ2) is 7.77. The van der Waals surface area contributed by atoms with Gasteiger partial charge in [0.05, 0.1) is 28.7 Å². The van der Waals surface area contributed by atoms with Crippen LogP contribution >= 0.6 is 0 Å². The van der Waals surface area contributed by atoms with E-state index < -0.39 is 22.8 Å². The van der Waals surface area contributed by atoms with Gasteiger partial charge in [-0.15, -0.1) is 0 Å². The van der Waals surface area contributed by atoms with Crippen LogP contribution in [0.25, 0.3) is 0 Å². The van der Waals surface area contributed by atoms with Crippen molar-refractivity contribution in [3.63, 3.8) is 0 Å². The molecule has 0 radical (unpaired) electrons. The predicted molar refractivity (Wildman–Crippen MR) is 97.1 cm³/mol. The fourth-order valence-corrected chi connectivity index (χ4v) is 3.04. The van der Waals surface area contributed by atoms with E-state index in [4.69, 9.17) is 5.11 Å². The predicted octanol–water partition coefficient (Wildman–Crippen LogP) is 3.14. The number of hydrogen-bond acceptors (Lipinski definition) is 5. The average Bonchev–Trinajstić information content (AvgIpc) is 3.12. The first-order valence-corrected chi connectivity index (χ1v) is 8.37. The number of carbonyl (C=O) groups excluding carboxylic acids is 1. The van der Waals surface area contributed by atoms with Crippen molar-refractivity contribution in [2.45, 2.75) is 25.3 Å². The molecule has 2 aromatic rings. The van der Waals surface area contributed by atoms with Crippen LogP contribution in [-0.2, 0) is 9.59 Å². The van der Waals surface area contributed by atoms with Gasteiger partial charge in [0.15, 0.2) is 0 Å². The van der Waals surface area contributed by atoms with E-state index in [1.54, 1.807) is 18.2 Å². The number of hydrogen-bond donors (Lipinski definition) is 1. The maximum Gasteiger partial charge on any atom is 0.303 e. The second-order valence-electron chi connectivity index (χ2n) is 6.08. The number of benzene rings is 2. The molecule has 0 bridgehead atoms. The van der Waals surface area contributed by atoms with Crippen LogP contribution in [0.2, 0.25) is 0 Å². The van der Waals surface area contributed by atoms with Crippen LogP contribution in [0.4, 0.5) is 5.69 Å². The Bertz CT molecular complexity index is 911. The molecule has 8 nitrogen and oxygen atoms in total. The van der Waals surface area contributed by atoms with Crippen LogP contribution in [-0.4, -0.2) is 32.6 Å². The summed E-state index contributed by atoms with van der Waals surface area (Å²) < 4.78 is 0. The Morgan fingerprint density at radius 2 is 1.78 bits per heavy atom. The Balaban J connectivity index is 1.97. The fourth-order valence-electron chi connectivity index (χ4n) is 3.04. The van der Waals surface area contributed by atoms with Crippen molar-refractivity contribution in [2.75, 3.05) is 0 Å². The molecule has 0 aliphatic carbocycles. The summed E-state index contributed by atoms with van der Waals surface area (Å²) in [6.45, 7) is 0. The van der Waals surface area contributed by atoms with E-state index in [0.717, 1.165) is 5.56 Å². The first-order valence-electron chi connectivity index (χ1n) is 8.37. The highest BCUT2D eigenvalue weighted by Crippen LogP contribution is 2.35. The van der Waals surface area contributed by atoms with Gasteiger partial charge in [0.25, 0.3) is 5.69 Å². The first-order chi connectivity index (χ1) is 13.0. The van der Waals surface area contributed by atoms with Crippen molar-refractivity contribution in [1.82, 2.24) is 5.01 Å². The van der Waals surface area contributed by atoms with Gasteiger partial charge in [-0.2, -0.15) is 5.10 Å². The van der Waals surface area contributed by atoms with Crippen molar-refractivity contribution in [2.24, 2.45) is 5.10 Å². The summed E-state index contributed by atoms with van der Waals surface area (Å²) in [5, 5.41) is 25.8. The molecule has 1 N–H and O–H groups in total. The summed E-state index contributed by atoms with van der Waals surface area (Å²) in [5.41, 5.74) is 1.54. The van der Waals surface area contributed by atoms with Gasteiger partial charge in [0.2, 0.25) is 5.91 Å². The van der Waals surface area contributed by atoms with Crippen LogP contribution in [0.15, 0.2) is 59.7 Å². The molecule has 3 rings (SSSR count). The molecule has 1 heterocycles. The third-order valence-electron chi connectivity index (χ3n) is 4.31. The average molecular weight is 367 g/mol. The Morgan fingerprint density at radius 1 is 1.11 bits per heavy atom. The smallest absolute Gasteiger partial charge is 0.303 e. The zero-order valence-electron chi connectivity index (χ0n) is 14.3. The lowest BCUT2D eigenvalue weighted by Gasteiger charge is -2.21. The van der Waals surface area contributed by atoms with Gasteiger partial charge in [0, 0.05) is 18.9 Å². The van der Waals surface area contributed by atoms with Crippen LogP contribution in [0.1, 0.15) is 36.4 Å². The van der Waals surface area contributed by atoms with Crippen LogP contribution < -0.4 is 0 Å². The van der Waals surface area contributed by atoms with Crippen LogP contribution in [0, 0.1) is 10.1 Å². The Morgan fingerprint density at radius 3 is 2.44 bits per heavy atom. The molecule has 0 aromatic heterocycles. The Kier molecular flexibility index (Phi) is 5.25. The maximum atomic E-state index is 12.6. The van der Waals surface area contributed by atoms with Gasteiger partial charge < -0.3 is 5.11 Å². The third-order valence-corrected chi connectivity index (χ3v) is 4.31. The Labute approximate surface area is 154 Å². The second-order valence-corrected chi connectivity index (χ2v) is 6.08. The largest absolute Gasteiger partial charge is 0.481 e. The van der Waals surface area contributed by atoms with Gasteiger partial charge in [-0.05, 0) is 11.6 Å². The van der Waals surface area contributed by atoms with Gasteiger partial charge >= 0.3 is 5.97 Å². The number of carbonyl (C=O) groups is 2. The SMILES string of the molecule is O=C(O)CCC(=O)N1N=C(c2ccccc2[N+](=O)[O-])C[C@@H]1c1ccccc1. The van der Waals surface area contributed by atoms with E-state index in [9.17, 15) is 19.7 Å². The summed E-state index contributed by atoms with van der Waals surface area (Å²) in [7, 11) is 0. The number of amides is 1. The van der Waals surface area contributed by atoms with Gasteiger partial charge in [-0.3, -0.25) is 19.7 Å². The molecule has 2 aromatic carbocycles. The van der Waals surface area contributed by atoms with Gasteiger partial charge in [-0.25, -0.2) is 5.01 Å². The highest BCUT2D eigenvalue weighted by molar-refractivity contribution is 6.06. The molecule has 0 unspecified atom stereocenters. The fraction of sp³-hybridized carbons (Fsp3) is 0.211. The Hall–Kier alpha value is -3.55. The number of nitro groups is 1. The zero-order chi connectivity index (χ0) is 19.4. The molecule has 8 heteroatoms. The van der Waals surface area contributed by atoms with E-state index in [1.807, 2.05) is 30.3 Å². The van der Waals surface area contributed by atoms with E-state index in [0.29, 0.717) is 17.7 Å². The zero-order valence-corrected chi connectivity index (χ0v) is 14.3. The molecule has 0 saturated carbocycles. The minimum Gasteiger partial charge on any atom is -0.481 e. The topological polar surface area (TPSA) is 113 Å². The lowest BCUT2D eigenvalue weighted by molar-refractivity contribution is -0.385. The third kappa shape index (κ3) is 4.00. The van der Waals surface area contributed by atoms with Crippen LogP contribution in [0.3, 0.4) is 0 Å². The van der Waals surface area contributed by atoms with Gasteiger partial charge in [-0.1, -0.05) is 42.5 Å². The molecule has 1 atom stereocenters. The summed E-state index contributed by atoms with van der Waals surface area (Å²) in [4.78, 5) is 34.2. The number of hydrazone groups is 1. The molecular weight excluding hydrogens is 350 g/mol. The number of para-hydroxylation sites is 1. The monoisotopic (exact) mass is 367 g/mol. The van der Waals surface area contributed by atoms with E-state index in [-0.39, 0.29) is 18.5 Å². The van der Waals surface area contributed by atoms with E-state index in [2.05, 4.69) is 5.10 Å². The lowest BCUT2D eigenvalue weighted by atomic mass is 9.97. The molecule has 0 spiro atoms. The standard InChI is InChI=1S/C19H17N3O5/c23-18(10-11-19(24)25)21-17(13-6-2-1-3-7-13)12-15(20-21)14-8-4-5-9-16(14)22(26)27/h1-9,17H,10-12H2,(H,24,25)/t17-/m1/s1. The normalized spacial score (nSPS) is 16.1. The summed E-state index contributed by atoms with van der Waals surface area (Å²) in [5.74, 6) is -1.50. The number of nitro benzene ring substituents is 1. The quantitative estimate of drug-likeness (QED) is 0.622. The molecule has 1 amide bonds. The van der Waals surface area contributed by atoms with Gasteiger partial charge in [0.1, 0.15) is 0 Å². The molecule has 138 valence electrons. The lowest BCUT2D eigenvalue weighted by Crippen LogP contribution is -2.27. The molecule has 1 aliphatic rings. The number of nitrogens with zero attached hydrogens (tertiary/aromatic N) is 3. The number of aliphatic carboxylic acids is 1. The highest BCUT2D eigenvalue weighted by atomic mass is 16.6. The number of carboxylic acid groups (broad SMARTS) is 1. The molecule has 27 heavy (non-hydrogen) atoms. The molecule has 0 fully saturated rings. The van der Waals surface area contributed by atoms with Crippen molar-refractivity contribution < 1.29 is 19.6 Å².